The molecule has 1 unspecified atom stereocenters. The van der Waals surface area contributed by atoms with Crippen molar-refractivity contribution >= 4 is 32.5 Å². The fourth-order valence-corrected chi connectivity index (χ4v) is 4.61. The van der Waals surface area contributed by atoms with Gasteiger partial charge in [-0.1, -0.05) is 12.1 Å². The molecular weight excluding hydrogens is 340 g/mol. The second kappa shape index (κ2) is 6.42. The standard InChI is InChI=1S/C17H22N4O3S/c1-13-12-21(8-11-25(13,22)23)17-16(20-6-9-24-10-7-20)18-14-4-2-3-5-15(14)19-17/h2-5,13H,6-12H2,1H3. The summed E-state index contributed by atoms with van der Waals surface area (Å²) >= 11 is 0. The Balaban J connectivity index is 1.77. The number of para-hydroxylation sites is 2. The van der Waals surface area contributed by atoms with Gasteiger partial charge >= 0.3 is 0 Å². The van der Waals surface area contributed by atoms with Gasteiger partial charge in [0.05, 0.1) is 35.2 Å². The van der Waals surface area contributed by atoms with Crippen molar-refractivity contribution in [3.63, 3.8) is 0 Å². The van der Waals surface area contributed by atoms with Crippen molar-refractivity contribution in [1.82, 2.24) is 9.97 Å². The zero-order valence-electron chi connectivity index (χ0n) is 14.3. The van der Waals surface area contributed by atoms with Crippen LogP contribution in [-0.4, -0.2) is 68.8 Å². The minimum atomic E-state index is -3.01. The minimum absolute atomic E-state index is 0.158. The lowest BCUT2D eigenvalue weighted by atomic mass is 10.2. The number of rotatable bonds is 2. The Hall–Kier alpha value is -1.93. The molecule has 0 radical (unpaired) electrons. The van der Waals surface area contributed by atoms with Crippen molar-refractivity contribution in [3.8, 4) is 0 Å². The highest BCUT2D eigenvalue weighted by atomic mass is 32.2. The molecule has 4 rings (SSSR count). The van der Waals surface area contributed by atoms with Crippen molar-refractivity contribution in [2.75, 3.05) is 54.9 Å². The van der Waals surface area contributed by atoms with Crippen LogP contribution < -0.4 is 9.80 Å². The monoisotopic (exact) mass is 362 g/mol. The number of fused-ring (bicyclic) bond motifs is 1. The average molecular weight is 362 g/mol. The molecular formula is C17H22N4O3S. The molecule has 3 heterocycles. The van der Waals surface area contributed by atoms with Crippen LogP contribution in [0.1, 0.15) is 6.92 Å². The Morgan fingerprint density at radius 3 is 2.20 bits per heavy atom. The van der Waals surface area contributed by atoms with Gasteiger partial charge in [-0.15, -0.1) is 0 Å². The fourth-order valence-electron chi connectivity index (χ4n) is 3.33. The van der Waals surface area contributed by atoms with Crippen molar-refractivity contribution < 1.29 is 13.2 Å². The number of benzene rings is 1. The third-order valence-corrected chi connectivity index (χ3v) is 7.01. The molecule has 0 spiro atoms. The number of anilines is 2. The zero-order valence-corrected chi connectivity index (χ0v) is 15.1. The molecule has 25 heavy (non-hydrogen) atoms. The fraction of sp³-hybridized carbons (Fsp3) is 0.529. The molecule has 2 fully saturated rings. The highest BCUT2D eigenvalue weighted by Gasteiger charge is 2.32. The van der Waals surface area contributed by atoms with E-state index in [1.54, 1.807) is 6.92 Å². The summed E-state index contributed by atoms with van der Waals surface area (Å²) < 4.78 is 29.6. The van der Waals surface area contributed by atoms with Crippen molar-refractivity contribution in [3.05, 3.63) is 24.3 Å². The molecule has 0 saturated carbocycles. The molecule has 7 nitrogen and oxygen atoms in total. The van der Waals surface area contributed by atoms with E-state index in [9.17, 15) is 8.42 Å². The Kier molecular flexibility index (Phi) is 4.24. The topological polar surface area (TPSA) is 75.6 Å². The van der Waals surface area contributed by atoms with E-state index in [4.69, 9.17) is 14.7 Å². The molecule has 2 saturated heterocycles. The second-order valence-corrected chi connectivity index (χ2v) is 9.12. The summed E-state index contributed by atoms with van der Waals surface area (Å²) in [6.07, 6.45) is 0. The van der Waals surface area contributed by atoms with Crippen LogP contribution in [0.3, 0.4) is 0 Å². The van der Waals surface area contributed by atoms with Crippen LogP contribution in [0.2, 0.25) is 0 Å². The maximum Gasteiger partial charge on any atom is 0.172 e. The summed E-state index contributed by atoms with van der Waals surface area (Å²) in [5.41, 5.74) is 1.68. The van der Waals surface area contributed by atoms with Gasteiger partial charge in [-0.05, 0) is 19.1 Å². The first-order valence-electron chi connectivity index (χ1n) is 8.60. The predicted octanol–water partition coefficient (Wildman–Crippen LogP) is 1.09. The number of nitrogens with zero attached hydrogens (tertiary/aromatic N) is 4. The largest absolute Gasteiger partial charge is 0.378 e. The lowest BCUT2D eigenvalue weighted by Gasteiger charge is -2.36. The SMILES string of the molecule is CC1CN(c2nc3ccccc3nc2N2CCOCC2)CCS1(=O)=O. The lowest BCUT2D eigenvalue weighted by molar-refractivity contribution is 0.122. The van der Waals surface area contributed by atoms with E-state index in [2.05, 4.69) is 9.80 Å². The van der Waals surface area contributed by atoms with Gasteiger partial charge in [0.2, 0.25) is 0 Å². The van der Waals surface area contributed by atoms with Crippen molar-refractivity contribution in [1.29, 1.82) is 0 Å². The number of morpholine rings is 1. The van der Waals surface area contributed by atoms with Crippen LogP contribution in [0.15, 0.2) is 24.3 Å². The van der Waals surface area contributed by atoms with E-state index < -0.39 is 15.1 Å². The third kappa shape index (κ3) is 3.16. The van der Waals surface area contributed by atoms with Gasteiger partial charge in [-0.25, -0.2) is 18.4 Å². The average Bonchev–Trinajstić information content (AvgIpc) is 2.64. The molecule has 2 aromatic rings. The normalized spacial score (nSPS) is 23.8. The van der Waals surface area contributed by atoms with Crippen LogP contribution >= 0.6 is 0 Å². The van der Waals surface area contributed by atoms with Crippen LogP contribution in [0.5, 0.6) is 0 Å². The van der Waals surface area contributed by atoms with Gasteiger partial charge in [-0.3, -0.25) is 0 Å². The maximum atomic E-state index is 12.1. The highest BCUT2D eigenvalue weighted by Crippen LogP contribution is 2.30. The molecule has 0 aliphatic carbocycles. The predicted molar refractivity (Wildman–Crippen MR) is 98.0 cm³/mol. The summed E-state index contributed by atoms with van der Waals surface area (Å²) in [5, 5.41) is -0.396. The third-order valence-electron chi connectivity index (χ3n) is 4.88. The Morgan fingerprint density at radius 1 is 1.00 bits per heavy atom. The number of aromatic nitrogens is 2. The summed E-state index contributed by atoms with van der Waals surface area (Å²) in [6, 6.07) is 7.80. The molecule has 1 aromatic heterocycles. The second-order valence-electron chi connectivity index (χ2n) is 6.58. The minimum Gasteiger partial charge on any atom is -0.378 e. The van der Waals surface area contributed by atoms with Crippen LogP contribution in [-0.2, 0) is 14.6 Å². The molecule has 0 amide bonds. The number of sulfone groups is 1. The van der Waals surface area contributed by atoms with Gasteiger partial charge < -0.3 is 14.5 Å². The first-order chi connectivity index (χ1) is 12.0. The first kappa shape index (κ1) is 16.5. The zero-order chi connectivity index (χ0) is 17.4. The number of hydrogen-bond donors (Lipinski definition) is 0. The van der Waals surface area contributed by atoms with E-state index in [0.29, 0.717) is 26.3 Å². The Labute approximate surface area is 147 Å². The summed E-state index contributed by atoms with van der Waals surface area (Å²) in [5.74, 6) is 1.77. The van der Waals surface area contributed by atoms with E-state index in [1.165, 1.54) is 0 Å². The van der Waals surface area contributed by atoms with Gasteiger partial charge in [0, 0.05) is 26.2 Å². The van der Waals surface area contributed by atoms with Crippen molar-refractivity contribution in [2.24, 2.45) is 0 Å². The number of hydrogen-bond acceptors (Lipinski definition) is 7. The first-order valence-corrected chi connectivity index (χ1v) is 10.3. The molecule has 1 aromatic carbocycles. The molecule has 1 atom stereocenters. The van der Waals surface area contributed by atoms with Gasteiger partial charge in [-0.2, -0.15) is 0 Å². The van der Waals surface area contributed by atoms with Gasteiger partial charge in [0.1, 0.15) is 0 Å². The quantitative estimate of drug-likeness (QED) is 0.791. The molecule has 2 aliphatic rings. The molecule has 2 aliphatic heterocycles. The summed E-state index contributed by atoms with van der Waals surface area (Å²) in [6.45, 7) is 5.54. The van der Waals surface area contributed by atoms with Crippen LogP contribution in [0.25, 0.3) is 11.0 Å². The number of ether oxygens (including phenoxy) is 1. The van der Waals surface area contributed by atoms with E-state index in [1.807, 2.05) is 24.3 Å². The van der Waals surface area contributed by atoms with Crippen LogP contribution in [0, 0.1) is 0 Å². The summed E-state index contributed by atoms with van der Waals surface area (Å²) in [7, 11) is -3.01. The maximum absolute atomic E-state index is 12.1. The van der Waals surface area contributed by atoms with Gasteiger partial charge in [0.25, 0.3) is 0 Å². The van der Waals surface area contributed by atoms with E-state index in [-0.39, 0.29) is 5.75 Å². The molecule has 134 valence electrons. The molecule has 0 N–H and O–H groups in total. The van der Waals surface area contributed by atoms with Gasteiger partial charge in [0.15, 0.2) is 21.5 Å². The molecule has 0 bridgehead atoms. The highest BCUT2D eigenvalue weighted by molar-refractivity contribution is 7.92. The van der Waals surface area contributed by atoms with E-state index in [0.717, 1.165) is 35.8 Å². The lowest BCUT2D eigenvalue weighted by Crippen LogP contribution is -2.47. The van der Waals surface area contributed by atoms with Crippen molar-refractivity contribution in [2.45, 2.75) is 12.2 Å². The van der Waals surface area contributed by atoms with E-state index >= 15 is 0 Å². The smallest absolute Gasteiger partial charge is 0.172 e. The summed E-state index contributed by atoms with van der Waals surface area (Å²) in [4.78, 5) is 13.9. The Bertz CT molecular complexity index is 881. The Morgan fingerprint density at radius 2 is 1.60 bits per heavy atom. The molecule has 8 heteroatoms. The van der Waals surface area contributed by atoms with Crippen LogP contribution in [0.4, 0.5) is 11.6 Å².